The lowest BCUT2D eigenvalue weighted by Crippen LogP contribution is -2.29. The van der Waals surface area contributed by atoms with E-state index in [-0.39, 0.29) is 16.5 Å². The molecule has 0 saturated carbocycles. The molecule has 0 aliphatic rings. The minimum atomic E-state index is -0.584. The number of nitrogens with two attached hydrogens (primary N) is 1. The molecule has 0 atom stereocenters. The second-order valence-corrected chi connectivity index (χ2v) is 3.85. The van der Waals surface area contributed by atoms with E-state index in [4.69, 9.17) is 17.3 Å². The second-order valence-electron chi connectivity index (χ2n) is 3.47. The van der Waals surface area contributed by atoms with Gasteiger partial charge in [0.05, 0.1) is 10.6 Å². The van der Waals surface area contributed by atoms with Crippen molar-refractivity contribution in [1.29, 1.82) is 0 Å². The van der Waals surface area contributed by atoms with Crippen LogP contribution < -0.4 is 5.73 Å². The highest BCUT2D eigenvalue weighted by atomic mass is 35.5. The number of carbonyl (C=O) groups excluding carboxylic acids is 1. The molecule has 0 fully saturated rings. The van der Waals surface area contributed by atoms with Gasteiger partial charge in [-0.05, 0) is 25.1 Å². The monoisotopic (exact) mass is 244 g/mol. The molecule has 0 aliphatic heterocycles. The zero-order chi connectivity index (χ0) is 12.1. The Morgan fingerprint density at radius 1 is 1.56 bits per heavy atom. The summed E-state index contributed by atoms with van der Waals surface area (Å²) in [5.74, 6) is -0.877. The Labute approximate surface area is 99.0 Å². The fourth-order valence-electron chi connectivity index (χ4n) is 1.30. The zero-order valence-electron chi connectivity index (χ0n) is 9.04. The molecule has 2 N–H and O–H groups in total. The van der Waals surface area contributed by atoms with E-state index < -0.39 is 5.82 Å². The number of hydrogen-bond acceptors (Lipinski definition) is 2. The molecule has 0 bridgehead atoms. The molecular weight excluding hydrogens is 231 g/mol. The summed E-state index contributed by atoms with van der Waals surface area (Å²) >= 11 is 5.72. The number of amides is 1. The molecule has 1 aromatic carbocycles. The van der Waals surface area contributed by atoms with Crippen LogP contribution in [0.15, 0.2) is 18.2 Å². The highest BCUT2D eigenvalue weighted by molar-refractivity contribution is 6.33. The molecule has 0 heterocycles. The lowest BCUT2D eigenvalue weighted by molar-refractivity contribution is 0.0794. The summed E-state index contributed by atoms with van der Waals surface area (Å²) in [6.45, 7) is 1.04. The molecule has 0 spiro atoms. The lowest BCUT2D eigenvalue weighted by atomic mass is 10.2. The molecule has 1 aromatic rings. The SMILES string of the molecule is CN(CCCN)C(=O)c1cccc(F)c1Cl. The van der Waals surface area contributed by atoms with Crippen molar-refractivity contribution >= 4 is 17.5 Å². The number of hydrogen-bond donors (Lipinski definition) is 1. The summed E-state index contributed by atoms with van der Waals surface area (Å²) in [5.41, 5.74) is 5.53. The van der Waals surface area contributed by atoms with Gasteiger partial charge in [0.25, 0.3) is 5.91 Å². The zero-order valence-corrected chi connectivity index (χ0v) is 9.80. The smallest absolute Gasteiger partial charge is 0.255 e. The van der Waals surface area contributed by atoms with E-state index in [0.717, 1.165) is 0 Å². The summed E-state index contributed by atoms with van der Waals surface area (Å²) in [6, 6.07) is 4.19. The number of nitrogens with zero attached hydrogens (tertiary/aromatic N) is 1. The summed E-state index contributed by atoms with van der Waals surface area (Å²) < 4.78 is 13.1. The van der Waals surface area contributed by atoms with E-state index >= 15 is 0 Å². The first kappa shape index (κ1) is 12.9. The molecule has 0 radical (unpaired) electrons. The number of rotatable bonds is 4. The standard InChI is InChI=1S/C11H14ClFN2O/c1-15(7-3-6-14)11(16)8-4-2-5-9(13)10(8)12/h2,4-5H,3,6-7,14H2,1H3. The van der Waals surface area contributed by atoms with Crippen molar-refractivity contribution in [2.75, 3.05) is 20.1 Å². The maximum atomic E-state index is 13.1. The topological polar surface area (TPSA) is 46.3 Å². The van der Waals surface area contributed by atoms with E-state index in [1.807, 2.05) is 0 Å². The average Bonchev–Trinajstić information content (AvgIpc) is 2.28. The quantitative estimate of drug-likeness (QED) is 0.879. The molecule has 3 nitrogen and oxygen atoms in total. The van der Waals surface area contributed by atoms with E-state index in [9.17, 15) is 9.18 Å². The number of benzene rings is 1. The van der Waals surface area contributed by atoms with E-state index in [0.29, 0.717) is 19.5 Å². The van der Waals surface area contributed by atoms with Crippen LogP contribution in [-0.2, 0) is 0 Å². The first-order valence-electron chi connectivity index (χ1n) is 4.97. The van der Waals surface area contributed by atoms with Gasteiger partial charge in [-0.3, -0.25) is 4.79 Å². The van der Waals surface area contributed by atoms with Crippen LogP contribution in [-0.4, -0.2) is 30.9 Å². The normalized spacial score (nSPS) is 10.2. The molecule has 1 amide bonds. The Morgan fingerprint density at radius 3 is 2.88 bits per heavy atom. The molecule has 0 aliphatic carbocycles. The van der Waals surface area contributed by atoms with Crippen molar-refractivity contribution in [3.8, 4) is 0 Å². The third kappa shape index (κ3) is 2.93. The van der Waals surface area contributed by atoms with Gasteiger partial charge in [-0.1, -0.05) is 17.7 Å². The van der Waals surface area contributed by atoms with E-state index in [1.54, 1.807) is 7.05 Å². The minimum absolute atomic E-state index is 0.132. The van der Waals surface area contributed by atoms with Gasteiger partial charge < -0.3 is 10.6 Å². The van der Waals surface area contributed by atoms with Crippen molar-refractivity contribution in [2.24, 2.45) is 5.73 Å². The Morgan fingerprint density at radius 2 is 2.25 bits per heavy atom. The molecule has 0 saturated heterocycles. The van der Waals surface area contributed by atoms with E-state index in [2.05, 4.69) is 0 Å². The van der Waals surface area contributed by atoms with Crippen LogP contribution in [0.4, 0.5) is 4.39 Å². The average molecular weight is 245 g/mol. The van der Waals surface area contributed by atoms with Crippen molar-refractivity contribution < 1.29 is 9.18 Å². The maximum absolute atomic E-state index is 13.1. The third-order valence-corrected chi connectivity index (χ3v) is 2.61. The highest BCUT2D eigenvalue weighted by Crippen LogP contribution is 2.20. The van der Waals surface area contributed by atoms with Gasteiger partial charge in [-0.25, -0.2) is 4.39 Å². The van der Waals surface area contributed by atoms with Gasteiger partial charge in [-0.15, -0.1) is 0 Å². The van der Waals surface area contributed by atoms with Gasteiger partial charge >= 0.3 is 0 Å². The van der Waals surface area contributed by atoms with Gasteiger partial charge in [0.15, 0.2) is 0 Å². The van der Waals surface area contributed by atoms with Crippen LogP contribution in [0, 0.1) is 5.82 Å². The molecule has 0 aromatic heterocycles. The summed E-state index contributed by atoms with van der Waals surface area (Å²) in [5, 5.41) is -0.132. The molecule has 16 heavy (non-hydrogen) atoms. The Balaban J connectivity index is 2.84. The first-order valence-corrected chi connectivity index (χ1v) is 5.35. The minimum Gasteiger partial charge on any atom is -0.342 e. The van der Waals surface area contributed by atoms with Gasteiger partial charge in [0, 0.05) is 13.6 Å². The van der Waals surface area contributed by atoms with Gasteiger partial charge in [0.1, 0.15) is 5.82 Å². The van der Waals surface area contributed by atoms with Crippen LogP contribution in [0.2, 0.25) is 5.02 Å². The third-order valence-electron chi connectivity index (χ3n) is 2.23. The van der Waals surface area contributed by atoms with Crippen LogP contribution in [0.25, 0.3) is 0 Å². The number of halogens is 2. The predicted octanol–water partition coefficient (Wildman–Crippen LogP) is 1.90. The van der Waals surface area contributed by atoms with Gasteiger partial charge in [0.2, 0.25) is 0 Å². The van der Waals surface area contributed by atoms with Crippen LogP contribution in [0.3, 0.4) is 0 Å². The molecule has 1 rings (SSSR count). The van der Waals surface area contributed by atoms with Crippen LogP contribution >= 0.6 is 11.6 Å². The summed E-state index contributed by atoms with van der Waals surface area (Å²) in [6.07, 6.45) is 0.704. The first-order chi connectivity index (χ1) is 7.57. The fourth-order valence-corrected chi connectivity index (χ4v) is 1.51. The maximum Gasteiger partial charge on any atom is 0.255 e. The van der Waals surface area contributed by atoms with Crippen molar-refractivity contribution in [3.05, 3.63) is 34.6 Å². The Kier molecular flexibility index (Phi) is 4.71. The van der Waals surface area contributed by atoms with Crippen LogP contribution in [0.1, 0.15) is 16.8 Å². The van der Waals surface area contributed by atoms with E-state index in [1.165, 1.54) is 23.1 Å². The molecular formula is C11H14ClFN2O. The molecule has 5 heteroatoms. The second kappa shape index (κ2) is 5.82. The fraction of sp³-hybridized carbons (Fsp3) is 0.364. The summed E-state index contributed by atoms with van der Waals surface area (Å²) in [7, 11) is 1.64. The van der Waals surface area contributed by atoms with Gasteiger partial charge in [-0.2, -0.15) is 0 Å². The predicted molar refractivity (Wildman–Crippen MR) is 62.0 cm³/mol. The lowest BCUT2D eigenvalue weighted by Gasteiger charge is -2.17. The Bertz CT molecular complexity index is 384. The largest absolute Gasteiger partial charge is 0.342 e. The Hall–Kier alpha value is -1.13. The van der Waals surface area contributed by atoms with Crippen LogP contribution in [0.5, 0.6) is 0 Å². The highest BCUT2D eigenvalue weighted by Gasteiger charge is 2.16. The summed E-state index contributed by atoms with van der Waals surface area (Å²) in [4.78, 5) is 13.3. The number of carbonyl (C=O) groups is 1. The molecule has 0 unspecified atom stereocenters. The molecule has 88 valence electrons. The van der Waals surface area contributed by atoms with Crippen molar-refractivity contribution in [1.82, 2.24) is 4.90 Å². The van der Waals surface area contributed by atoms with Crippen molar-refractivity contribution in [2.45, 2.75) is 6.42 Å². The van der Waals surface area contributed by atoms with Crippen molar-refractivity contribution in [3.63, 3.8) is 0 Å².